The highest BCUT2D eigenvalue weighted by Crippen LogP contribution is 2.26. The van der Waals surface area contributed by atoms with Gasteiger partial charge in [-0.1, -0.05) is 29.8 Å². The molecule has 0 bridgehead atoms. The van der Waals surface area contributed by atoms with Crippen LogP contribution in [0.5, 0.6) is 5.88 Å². The Bertz CT molecular complexity index is 893. The quantitative estimate of drug-likeness (QED) is 0.913. The Labute approximate surface area is 151 Å². The van der Waals surface area contributed by atoms with E-state index in [0.29, 0.717) is 22.7 Å². The van der Waals surface area contributed by atoms with Crippen LogP contribution in [0.15, 0.2) is 29.1 Å². The Morgan fingerprint density at radius 2 is 1.92 bits per heavy atom. The molecule has 1 aliphatic rings. The number of halogens is 1. The highest BCUT2D eigenvalue weighted by molar-refractivity contribution is 6.31. The maximum Gasteiger partial charge on any atom is 0.271 e. The Hall–Kier alpha value is -2.29. The molecule has 3 rings (SSSR count). The van der Waals surface area contributed by atoms with Crippen molar-refractivity contribution >= 4 is 11.6 Å². The Morgan fingerprint density at radius 1 is 1.24 bits per heavy atom. The van der Waals surface area contributed by atoms with Crippen LogP contribution in [0.25, 0.3) is 0 Å². The van der Waals surface area contributed by atoms with Gasteiger partial charge >= 0.3 is 0 Å². The van der Waals surface area contributed by atoms with Crippen molar-refractivity contribution in [2.75, 3.05) is 13.1 Å². The van der Waals surface area contributed by atoms with Crippen molar-refractivity contribution < 1.29 is 5.11 Å². The average Bonchev–Trinajstić information content (AvgIpc) is 3.11. The predicted molar refractivity (Wildman–Crippen MR) is 96.9 cm³/mol. The smallest absolute Gasteiger partial charge is 0.271 e. The number of hydrogen-bond donors (Lipinski definition) is 1. The maximum atomic E-state index is 12.7. The second-order valence-corrected chi connectivity index (χ2v) is 6.79. The van der Waals surface area contributed by atoms with Gasteiger partial charge in [-0.3, -0.25) is 14.3 Å². The molecule has 0 spiro atoms. The minimum absolute atomic E-state index is 0.0756. The number of aromatic hydroxyl groups is 1. The van der Waals surface area contributed by atoms with Gasteiger partial charge in [-0.15, -0.1) is 0 Å². The molecule has 0 aliphatic carbocycles. The van der Waals surface area contributed by atoms with E-state index in [-0.39, 0.29) is 18.0 Å². The number of pyridine rings is 1. The number of hydrogen-bond acceptors (Lipinski definition) is 4. The van der Waals surface area contributed by atoms with Crippen LogP contribution < -0.4 is 5.56 Å². The lowest BCUT2D eigenvalue weighted by Crippen LogP contribution is -2.28. The molecule has 1 fully saturated rings. The minimum atomic E-state index is -0.484. The van der Waals surface area contributed by atoms with Crippen LogP contribution in [0.4, 0.5) is 0 Å². The first-order valence-electron chi connectivity index (χ1n) is 8.34. The molecule has 1 N–H and O–H groups in total. The first-order chi connectivity index (χ1) is 12.0. The summed E-state index contributed by atoms with van der Waals surface area (Å²) in [5, 5.41) is 20.7. The van der Waals surface area contributed by atoms with Gasteiger partial charge in [-0.25, -0.2) is 0 Å². The molecule has 130 valence electrons. The molecule has 6 heteroatoms. The summed E-state index contributed by atoms with van der Waals surface area (Å²) in [6.45, 7) is 4.32. The summed E-state index contributed by atoms with van der Waals surface area (Å²) in [6, 6.07) is 9.18. The Morgan fingerprint density at radius 3 is 2.56 bits per heavy atom. The molecule has 1 aromatic carbocycles. The van der Waals surface area contributed by atoms with Crippen molar-refractivity contribution in [1.29, 1.82) is 5.26 Å². The van der Waals surface area contributed by atoms with E-state index in [1.807, 2.05) is 18.2 Å². The SMILES string of the molecule is Cc1c(CN2CCCC2)c(O)n(Cc2ccccc2Cl)c(=O)c1C#N. The first-order valence-corrected chi connectivity index (χ1v) is 8.71. The molecule has 0 atom stereocenters. The number of rotatable bonds is 4. The van der Waals surface area contributed by atoms with Crippen LogP contribution >= 0.6 is 11.6 Å². The van der Waals surface area contributed by atoms with Crippen molar-refractivity contribution in [3.63, 3.8) is 0 Å². The van der Waals surface area contributed by atoms with E-state index in [4.69, 9.17) is 11.6 Å². The largest absolute Gasteiger partial charge is 0.494 e. The van der Waals surface area contributed by atoms with Crippen molar-refractivity contribution in [1.82, 2.24) is 9.47 Å². The summed E-state index contributed by atoms with van der Waals surface area (Å²) in [4.78, 5) is 14.9. The van der Waals surface area contributed by atoms with Gasteiger partial charge in [0.15, 0.2) is 5.88 Å². The molecule has 2 aromatic rings. The zero-order valence-corrected chi connectivity index (χ0v) is 14.9. The van der Waals surface area contributed by atoms with Crippen LogP contribution in [0, 0.1) is 18.3 Å². The fourth-order valence-electron chi connectivity index (χ4n) is 3.30. The van der Waals surface area contributed by atoms with E-state index in [1.165, 1.54) is 4.57 Å². The van der Waals surface area contributed by atoms with Gasteiger partial charge in [0.2, 0.25) is 0 Å². The van der Waals surface area contributed by atoms with Gasteiger partial charge < -0.3 is 5.11 Å². The molecule has 2 heterocycles. The summed E-state index contributed by atoms with van der Waals surface area (Å²) < 4.78 is 1.25. The second-order valence-electron chi connectivity index (χ2n) is 6.38. The van der Waals surface area contributed by atoms with Crippen molar-refractivity contribution in [3.05, 3.63) is 61.9 Å². The van der Waals surface area contributed by atoms with Crippen molar-refractivity contribution in [3.8, 4) is 11.9 Å². The number of likely N-dealkylation sites (tertiary alicyclic amines) is 1. The highest BCUT2D eigenvalue weighted by Gasteiger charge is 2.22. The van der Waals surface area contributed by atoms with Crippen LogP contribution in [-0.2, 0) is 13.1 Å². The summed E-state index contributed by atoms with van der Waals surface area (Å²) in [6.07, 6.45) is 2.26. The summed E-state index contributed by atoms with van der Waals surface area (Å²) in [5.74, 6) is -0.0756. The lowest BCUT2D eigenvalue weighted by atomic mass is 10.0. The predicted octanol–water partition coefficient (Wildman–Crippen LogP) is 3.03. The molecular weight excluding hydrogens is 338 g/mol. The third-order valence-corrected chi connectivity index (χ3v) is 5.16. The lowest BCUT2D eigenvalue weighted by Gasteiger charge is -2.21. The summed E-state index contributed by atoms with van der Waals surface area (Å²) >= 11 is 6.19. The number of benzene rings is 1. The van der Waals surface area contributed by atoms with E-state index >= 15 is 0 Å². The fourth-order valence-corrected chi connectivity index (χ4v) is 3.50. The third-order valence-electron chi connectivity index (χ3n) is 4.79. The van der Waals surface area contributed by atoms with Gasteiger partial charge in [0.25, 0.3) is 5.56 Å². The molecule has 1 aromatic heterocycles. The van der Waals surface area contributed by atoms with Crippen LogP contribution in [0.3, 0.4) is 0 Å². The molecule has 0 amide bonds. The summed E-state index contributed by atoms with van der Waals surface area (Å²) in [7, 11) is 0. The summed E-state index contributed by atoms with van der Waals surface area (Å²) in [5.41, 5.74) is 1.53. The molecule has 5 nitrogen and oxygen atoms in total. The highest BCUT2D eigenvalue weighted by atomic mass is 35.5. The van der Waals surface area contributed by atoms with Crippen LogP contribution in [0.1, 0.15) is 35.1 Å². The van der Waals surface area contributed by atoms with Gasteiger partial charge in [0.05, 0.1) is 6.54 Å². The zero-order valence-electron chi connectivity index (χ0n) is 14.1. The normalized spacial score (nSPS) is 14.6. The monoisotopic (exact) mass is 357 g/mol. The van der Waals surface area contributed by atoms with Gasteiger partial charge in [0.1, 0.15) is 11.6 Å². The molecule has 0 radical (unpaired) electrons. The molecule has 25 heavy (non-hydrogen) atoms. The fraction of sp³-hybridized carbons (Fsp3) is 0.368. The maximum absolute atomic E-state index is 12.7. The lowest BCUT2D eigenvalue weighted by molar-refractivity contribution is 0.316. The average molecular weight is 358 g/mol. The van der Waals surface area contributed by atoms with E-state index in [1.54, 1.807) is 19.1 Å². The van der Waals surface area contributed by atoms with Gasteiger partial charge in [0, 0.05) is 17.1 Å². The molecule has 0 unspecified atom stereocenters. The third kappa shape index (κ3) is 3.41. The minimum Gasteiger partial charge on any atom is -0.494 e. The topological polar surface area (TPSA) is 69.3 Å². The van der Waals surface area contributed by atoms with Gasteiger partial charge in [-0.2, -0.15) is 5.26 Å². The Balaban J connectivity index is 2.09. The first kappa shape index (κ1) is 17.5. The van der Waals surface area contributed by atoms with E-state index in [9.17, 15) is 15.2 Å². The molecule has 1 aliphatic heterocycles. The molecule has 1 saturated heterocycles. The van der Waals surface area contributed by atoms with Gasteiger partial charge in [-0.05, 0) is 50.0 Å². The number of nitriles is 1. The zero-order chi connectivity index (χ0) is 18.0. The molecule has 0 saturated carbocycles. The van der Waals surface area contributed by atoms with E-state index in [2.05, 4.69) is 4.90 Å². The molecular formula is C19H20ClN3O2. The number of nitrogens with zero attached hydrogens (tertiary/aromatic N) is 3. The van der Waals surface area contributed by atoms with Crippen LogP contribution in [-0.4, -0.2) is 27.7 Å². The van der Waals surface area contributed by atoms with E-state index < -0.39 is 5.56 Å². The van der Waals surface area contributed by atoms with Crippen LogP contribution in [0.2, 0.25) is 5.02 Å². The van der Waals surface area contributed by atoms with Crippen molar-refractivity contribution in [2.24, 2.45) is 0 Å². The second kappa shape index (κ2) is 7.30. The van der Waals surface area contributed by atoms with Crippen molar-refractivity contribution in [2.45, 2.75) is 32.9 Å². The number of aromatic nitrogens is 1. The Kier molecular flexibility index (Phi) is 5.12. The van der Waals surface area contributed by atoms with E-state index in [0.717, 1.165) is 31.5 Å². The standard InChI is InChI=1S/C19H20ClN3O2/c1-13-15(10-21)18(24)23(11-14-6-2-3-7-17(14)20)19(25)16(13)12-22-8-4-5-9-22/h2-3,6-7,25H,4-5,8-9,11-12H2,1H3.